The number of hydrogen-bond donors (Lipinski definition) is 0. The van der Waals surface area contributed by atoms with E-state index >= 15 is 0 Å². The Labute approximate surface area is 118 Å². The van der Waals surface area contributed by atoms with Gasteiger partial charge in [-0.3, -0.25) is 4.79 Å². The van der Waals surface area contributed by atoms with E-state index in [1.807, 2.05) is 32.0 Å². The average Bonchev–Trinajstić information content (AvgIpc) is 2.36. The summed E-state index contributed by atoms with van der Waals surface area (Å²) in [4.78, 5) is 12.5. The van der Waals surface area contributed by atoms with Crippen molar-refractivity contribution < 1.29 is 9.53 Å². The van der Waals surface area contributed by atoms with Crippen molar-refractivity contribution in [1.82, 2.24) is 0 Å². The number of hydrogen-bond acceptors (Lipinski definition) is 2. The molecule has 0 bridgehead atoms. The molecule has 2 aromatic rings. The SMILES string of the molecule is COc1ccc(Cl)cc1C(=O)c1cc(C)cc(C)c1. The van der Waals surface area contributed by atoms with E-state index in [0.29, 0.717) is 21.9 Å². The molecule has 2 rings (SSSR count). The predicted octanol–water partition coefficient (Wildman–Crippen LogP) is 4.20. The van der Waals surface area contributed by atoms with Crippen molar-refractivity contribution in [2.75, 3.05) is 7.11 Å². The monoisotopic (exact) mass is 274 g/mol. The molecule has 2 aromatic carbocycles. The summed E-state index contributed by atoms with van der Waals surface area (Å²) in [5.41, 5.74) is 3.26. The smallest absolute Gasteiger partial charge is 0.196 e. The molecule has 0 atom stereocenters. The Bertz CT molecular complexity index is 612. The van der Waals surface area contributed by atoms with Gasteiger partial charge in [0.1, 0.15) is 5.75 Å². The average molecular weight is 275 g/mol. The summed E-state index contributed by atoms with van der Waals surface area (Å²) in [7, 11) is 1.54. The molecule has 0 saturated carbocycles. The summed E-state index contributed by atoms with van der Waals surface area (Å²) < 4.78 is 5.22. The highest BCUT2D eigenvalue weighted by molar-refractivity contribution is 6.31. The maximum absolute atomic E-state index is 12.5. The molecule has 0 spiro atoms. The summed E-state index contributed by atoms with van der Waals surface area (Å²) in [6.07, 6.45) is 0. The van der Waals surface area contributed by atoms with Gasteiger partial charge in [0.25, 0.3) is 0 Å². The van der Waals surface area contributed by atoms with Crippen LogP contribution in [0.2, 0.25) is 5.02 Å². The molecule has 0 aliphatic rings. The summed E-state index contributed by atoms with van der Waals surface area (Å²) in [6, 6.07) is 10.8. The zero-order valence-electron chi connectivity index (χ0n) is 11.2. The molecule has 0 heterocycles. The van der Waals surface area contributed by atoms with Crippen LogP contribution in [0.4, 0.5) is 0 Å². The molecule has 0 unspecified atom stereocenters. The Kier molecular flexibility index (Phi) is 3.91. The molecule has 0 aromatic heterocycles. The van der Waals surface area contributed by atoms with Gasteiger partial charge in [0.2, 0.25) is 0 Å². The van der Waals surface area contributed by atoms with Crippen LogP contribution in [0, 0.1) is 13.8 Å². The lowest BCUT2D eigenvalue weighted by Crippen LogP contribution is -2.04. The highest BCUT2D eigenvalue weighted by Gasteiger charge is 2.15. The fourth-order valence-electron chi connectivity index (χ4n) is 2.12. The van der Waals surface area contributed by atoms with Crippen LogP contribution in [0.15, 0.2) is 36.4 Å². The second kappa shape index (κ2) is 5.45. The Morgan fingerprint density at radius 2 is 1.68 bits per heavy atom. The number of halogens is 1. The van der Waals surface area contributed by atoms with Gasteiger partial charge in [0.15, 0.2) is 5.78 Å². The largest absolute Gasteiger partial charge is 0.496 e. The zero-order valence-corrected chi connectivity index (χ0v) is 11.9. The van der Waals surface area contributed by atoms with E-state index in [2.05, 4.69) is 0 Å². The minimum atomic E-state index is -0.0776. The summed E-state index contributed by atoms with van der Waals surface area (Å²) >= 11 is 5.96. The van der Waals surface area contributed by atoms with E-state index in [1.54, 1.807) is 25.3 Å². The van der Waals surface area contributed by atoms with Gasteiger partial charge in [-0.05, 0) is 44.2 Å². The van der Waals surface area contributed by atoms with Crippen molar-refractivity contribution in [2.24, 2.45) is 0 Å². The summed E-state index contributed by atoms with van der Waals surface area (Å²) in [5.74, 6) is 0.458. The molecule has 0 amide bonds. The summed E-state index contributed by atoms with van der Waals surface area (Å²) in [5, 5.41) is 0.522. The van der Waals surface area contributed by atoms with Crippen molar-refractivity contribution in [3.63, 3.8) is 0 Å². The normalized spacial score (nSPS) is 10.3. The number of ether oxygens (including phenoxy) is 1. The highest BCUT2D eigenvalue weighted by atomic mass is 35.5. The minimum absolute atomic E-state index is 0.0776. The van der Waals surface area contributed by atoms with Crippen LogP contribution in [0.5, 0.6) is 5.75 Å². The number of carbonyl (C=O) groups excluding carboxylic acids is 1. The fourth-order valence-corrected chi connectivity index (χ4v) is 2.29. The molecular weight excluding hydrogens is 260 g/mol. The van der Waals surface area contributed by atoms with Crippen LogP contribution in [0.1, 0.15) is 27.0 Å². The van der Waals surface area contributed by atoms with Gasteiger partial charge in [0, 0.05) is 10.6 Å². The highest BCUT2D eigenvalue weighted by Crippen LogP contribution is 2.25. The van der Waals surface area contributed by atoms with Crippen LogP contribution in [0.3, 0.4) is 0 Å². The summed E-state index contributed by atoms with van der Waals surface area (Å²) in [6.45, 7) is 3.94. The van der Waals surface area contributed by atoms with Crippen LogP contribution in [-0.4, -0.2) is 12.9 Å². The van der Waals surface area contributed by atoms with E-state index in [9.17, 15) is 4.79 Å². The van der Waals surface area contributed by atoms with Gasteiger partial charge in [-0.15, -0.1) is 0 Å². The number of rotatable bonds is 3. The van der Waals surface area contributed by atoms with Crippen molar-refractivity contribution in [3.05, 3.63) is 63.7 Å². The second-order valence-electron chi connectivity index (χ2n) is 4.55. The third kappa shape index (κ3) is 2.96. The zero-order chi connectivity index (χ0) is 14.0. The maximum Gasteiger partial charge on any atom is 0.196 e. The molecule has 0 fully saturated rings. The third-order valence-electron chi connectivity index (χ3n) is 2.89. The molecule has 0 saturated heterocycles. The third-order valence-corrected chi connectivity index (χ3v) is 3.13. The Morgan fingerprint density at radius 1 is 1.05 bits per heavy atom. The minimum Gasteiger partial charge on any atom is -0.496 e. The van der Waals surface area contributed by atoms with Gasteiger partial charge in [-0.25, -0.2) is 0 Å². The Balaban J connectivity index is 2.52. The lowest BCUT2D eigenvalue weighted by Gasteiger charge is -2.09. The van der Waals surface area contributed by atoms with Crippen molar-refractivity contribution >= 4 is 17.4 Å². The van der Waals surface area contributed by atoms with Crippen molar-refractivity contribution in [3.8, 4) is 5.75 Å². The Hall–Kier alpha value is -1.80. The van der Waals surface area contributed by atoms with E-state index < -0.39 is 0 Å². The van der Waals surface area contributed by atoms with Gasteiger partial charge in [-0.2, -0.15) is 0 Å². The first-order valence-corrected chi connectivity index (χ1v) is 6.35. The molecule has 0 radical (unpaired) electrons. The van der Waals surface area contributed by atoms with Crippen LogP contribution in [0.25, 0.3) is 0 Å². The van der Waals surface area contributed by atoms with E-state index in [-0.39, 0.29) is 5.78 Å². The number of aryl methyl sites for hydroxylation is 2. The number of ketones is 1. The van der Waals surface area contributed by atoms with Crippen LogP contribution >= 0.6 is 11.6 Å². The Morgan fingerprint density at radius 3 is 2.26 bits per heavy atom. The van der Waals surface area contributed by atoms with Crippen molar-refractivity contribution in [2.45, 2.75) is 13.8 Å². The van der Waals surface area contributed by atoms with Gasteiger partial charge < -0.3 is 4.74 Å². The van der Waals surface area contributed by atoms with E-state index in [0.717, 1.165) is 11.1 Å². The molecule has 0 aliphatic carbocycles. The molecule has 0 N–H and O–H groups in total. The molecule has 98 valence electrons. The number of methoxy groups -OCH3 is 1. The first-order valence-electron chi connectivity index (χ1n) is 5.98. The topological polar surface area (TPSA) is 26.3 Å². The fraction of sp³-hybridized carbons (Fsp3) is 0.188. The predicted molar refractivity (Wildman–Crippen MR) is 77.4 cm³/mol. The first kappa shape index (κ1) is 13.6. The first-order chi connectivity index (χ1) is 9.01. The number of benzene rings is 2. The van der Waals surface area contributed by atoms with Crippen LogP contribution in [-0.2, 0) is 0 Å². The van der Waals surface area contributed by atoms with Gasteiger partial charge in [0.05, 0.1) is 12.7 Å². The molecular formula is C16H15ClO2. The molecule has 19 heavy (non-hydrogen) atoms. The second-order valence-corrected chi connectivity index (χ2v) is 4.99. The lowest BCUT2D eigenvalue weighted by atomic mass is 9.99. The lowest BCUT2D eigenvalue weighted by molar-refractivity contribution is 0.103. The molecule has 2 nitrogen and oxygen atoms in total. The maximum atomic E-state index is 12.5. The van der Waals surface area contributed by atoms with Crippen molar-refractivity contribution in [1.29, 1.82) is 0 Å². The van der Waals surface area contributed by atoms with Crippen LogP contribution < -0.4 is 4.74 Å². The van der Waals surface area contributed by atoms with Gasteiger partial charge in [-0.1, -0.05) is 28.8 Å². The molecule has 0 aliphatic heterocycles. The number of carbonyl (C=O) groups is 1. The van der Waals surface area contributed by atoms with E-state index in [4.69, 9.17) is 16.3 Å². The molecule has 3 heteroatoms. The standard InChI is InChI=1S/C16H15ClO2/c1-10-6-11(2)8-12(7-10)16(18)14-9-13(17)4-5-15(14)19-3/h4-9H,1-3H3. The van der Waals surface area contributed by atoms with E-state index in [1.165, 1.54) is 0 Å². The van der Waals surface area contributed by atoms with Gasteiger partial charge >= 0.3 is 0 Å². The quantitative estimate of drug-likeness (QED) is 0.784.